The van der Waals surface area contributed by atoms with Crippen LogP contribution in [0.5, 0.6) is 0 Å². The van der Waals surface area contributed by atoms with Crippen LogP contribution in [0.1, 0.15) is 27.0 Å². The zero-order valence-corrected chi connectivity index (χ0v) is 12.6. The molecule has 0 fully saturated rings. The summed E-state index contributed by atoms with van der Waals surface area (Å²) >= 11 is 2.40. The Bertz CT molecular complexity index is 664. The van der Waals surface area contributed by atoms with E-state index >= 15 is 0 Å². The van der Waals surface area contributed by atoms with Crippen LogP contribution in [0.15, 0.2) is 29.0 Å². The van der Waals surface area contributed by atoms with E-state index in [0.717, 1.165) is 0 Å². The Morgan fingerprint density at radius 3 is 2.62 bits per heavy atom. The van der Waals surface area contributed by atoms with Gasteiger partial charge < -0.3 is 15.8 Å². The number of anilines is 1. The van der Waals surface area contributed by atoms with Crippen LogP contribution in [-0.4, -0.2) is 23.9 Å². The minimum Gasteiger partial charge on any atom is -0.448 e. The lowest BCUT2D eigenvalue weighted by molar-refractivity contribution is -0.123. The molecule has 2 amide bonds. The summed E-state index contributed by atoms with van der Waals surface area (Å²) in [6, 6.07) is 4.85. The maximum atomic E-state index is 12.0. The number of amides is 2. The highest BCUT2D eigenvalue weighted by Crippen LogP contribution is 2.23. The molecule has 0 aromatic carbocycles. The maximum absolute atomic E-state index is 12.0. The van der Waals surface area contributed by atoms with Crippen LogP contribution in [0, 0.1) is 0 Å². The summed E-state index contributed by atoms with van der Waals surface area (Å²) in [6.45, 7) is 1.46. The number of carbonyl (C=O) groups excluding carboxylic acids is 3. The predicted octanol–water partition coefficient (Wildman–Crippen LogP) is 2.09. The first-order valence-electron chi connectivity index (χ1n) is 5.91. The van der Waals surface area contributed by atoms with E-state index in [1.54, 1.807) is 22.9 Å². The zero-order chi connectivity index (χ0) is 15.4. The number of hydrogen-bond donors (Lipinski definition) is 2. The molecule has 0 aliphatic carbocycles. The van der Waals surface area contributed by atoms with Crippen molar-refractivity contribution in [1.29, 1.82) is 0 Å². The molecule has 0 aliphatic rings. The monoisotopic (exact) mass is 324 g/mol. The van der Waals surface area contributed by atoms with Crippen molar-refractivity contribution >= 4 is 45.5 Å². The van der Waals surface area contributed by atoms with Gasteiger partial charge in [-0.05, 0) is 29.8 Å². The second-order valence-corrected chi connectivity index (χ2v) is 5.91. The maximum Gasteiger partial charge on any atom is 0.349 e. The summed E-state index contributed by atoms with van der Waals surface area (Å²) in [5.74, 6) is -1.71. The second-order valence-electron chi connectivity index (χ2n) is 4.04. The van der Waals surface area contributed by atoms with Crippen molar-refractivity contribution in [2.45, 2.75) is 13.0 Å². The van der Waals surface area contributed by atoms with Gasteiger partial charge in [-0.2, -0.15) is 0 Å². The lowest BCUT2D eigenvalue weighted by Crippen LogP contribution is -2.30. The molecule has 8 heteroatoms. The first-order chi connectivity index (χ1) is 9.99. The van der Waals surface area contributed by atoms with Crippen LogP contribution >= 0.6 is 22.7 Å². The van der Waals surface area contributed by atoms with Crippen LogP contribution in [0.25, 0.3) is 0 Å². The van der Waals surface area contributed by atoms with E-state index in [1.165, 1.54) is 35.7 Å². The zero-order valence-electron chi connectivity index (χ0n) is 11.0. The Balaban J connectivity index is 1.98. The molecule has 0 bridgehead atoms. The Morgan fingerprint density at radius 1 is 1.24 bits per heavy atom. The lowest BCUT2D eigenvalue weighted by atomic mass is 10.3. The molecule has 0 aliphatic heterocycles. The summed E-state index contributed by atoms with van der Waals surface area (Å²) in [4.78, 5) is 35.3. The minimum atomic E-state index is -0.984. The second kappa shape index (κ2) is 6.51. The molecule has 0 saturated carbocycles. The summed E-state index contributed by atoms with van der Waals surface area (Å²) in [5, 5.41) is 6.25. The smallest absolute Gasteiger partial charge is 0.349 e. The van der Waals surface area contributed by atoms with Crippen molar-refractivity contribution < 1.29 is 19.1 Å². The molecule has 2 rings (SSSR count). The highest BCUT2D eigenvalue weighted by atomic mass is 32.1. The number of ether oxygens (including phenoxy) is 1. The Morgan fingerprint density at radius 2 is 2.00 bits per heavy atom. The molecule has 2 aromatic rings. The number of primary amides is 1. The average molecular weight is 324 g/mol. The third-order valence-electron chi connectivity index (χ3n) is 2.54. The van der Waals surface area contributed by atoms with E-state index in [-0.39, 0.29) is 5.56 Å². The normalized spacial score (nSPS) is 11.7. The number of thiophene rings is 2. The van der Waals surface area contributed by atoms with Crippen LogP contribution < -0.4 is 11.1 Å². The van der Waals surface area contributed by atoms with Crippen LogP contribution in [-0.2, 0) is 9.53 Å². The van der Waals surface area contributed by atoms with E-state index in [9.17, 15) is 14.4 Å². The molecule has 6 nitrogen and oxygen atoms in total. The van der Waals surface area contributed by atoms with Gasteiger partial charge in [0.2, 0.25) is 0 Å². The molecular weight excluding hydrogens is 312 g/mol. The summed E-state index contributed by atoms with van der Waals surface area (Å²) in [6.07, 6.45) is -0.984. The van der Waals surface area contributed by atoms with Crippen molar-refractivity contribution in [2.24, 2.45) is 5.73 Å². The van der Waals surface area contributed by atoms with E-state index in [1.807, 2.05) is 0 Å². The highest BCUT2D eigenvalue weighted by Gasteiger charge is 2.21. The van der Waals surface area contributed by atoms with Gasteiger partial charge in [0.1, 0.15) is 9.88 Å². The standard InChI is InChI=1S/C13H12N2O4S2/c1-7(19-13(18)9-3-2-5-20-9)11(17)15-12-8(10(14)16)4-6-21-12/h2-7H,1H3,(H2,14,16)(H,15,17)/t7-/m0/s1. The van der Waals surface area contributed by atoms with E-state index < -0.39 is 23.9 Å². The largest absolute Gasteiger partial charge is 0.448 e. The van der Waals surface area contributed by atoms with Gasteiger partial charge in [0.25, 0.3) is 11.8 Å². The molecule has 3 N–H and O–H groups in total. The Hall–Kier alpha value is -2.19. The quantitative estimate of drug-likeness (QED) is 0.823. The summed E-state index contributed by atoms with van der Waals surface area (Å²) < 4.78 is 5.05. The number of rotatable bonds is 5. The molecule has 2 aromatic heterocycles. The van der Waals surface area contributed by atoms with E-state index in [2.05, 4.69) is 5.32 Å². The number of hydrogen-bond acceptors (Lipinski definition) is 6. The summed E-state index contributed by atoms with van der Waals surface area (Å²) in [7, 11) is 0. The predicted molar refractivity (Wildman–Crippen MR) is 80.7 cm³/mol. The van der Waals surface area contributed by atoms with Crippen LogP contribution in [0.3, 0.4) is 0 Å². The van der Waals surface area contributed by atoms with Crippen molar-refractivity contribution in [3.05, 3.63) is 39.4 Å². The third kappa shape index (κ3) is 3.67. The van der Waals surface area contributed by atoms with Crippen LogP contribution in [0.4, 0.5) is 5.00 Å². The van der Waals surface area contributed by atoms with Crippen LogP contribution in [0.2, 0.25) is 0 Å². The van der Waals surface area contributed by atoms with Gasteiger partial charge in [0.05, 0.1) is 5.56 Å². The van der Waals surface area contributed by atoms with Gasteiger partial charge in [-0.15, -0.1) is 22.7 Å². The first-order valence-corrected chi connectivity index (χ1v) is 7.67. The summed E-state index contributed by atoms with van der Waals surface area (Å²) in [5.41, 5.74) is 5.42. The third-order valence-corrected chi connectivity index (χ3v) is 4.22. The molecule has 0 unspecified atom stereocenters. The van der Waals surface area contributed by atoms with Gasteiger partial charge in [0, 0.05) is 0 Å². The fourth-order valence-electron chi connectivity index (χ4n) is 1.48. The Labute approximate surface area is 128 Å². The molecule has 21 heavy (non-hydrogen) atoms. The van der Waals surface area contributed by atoms with Gasteiger partial charge in [-0.3, -0.25) is 9.59 Å². The van der Waals surface area contributed by atoms with E-state index in [4.69, 9.17) is 10.5 Å². The SMILES string of the molecule is C[C@H](OC(=O)c1cccs1)C(=O)Nc1sccc1C(N)=O. The van der Waals surface area contributed by atoms with Crippen molar-refractivity contribution in [3.63, 3.8) is 0 Å². The van der Waals surface area contributed by atoms with Crippen molar-refractivity contribution in [1.82, 2.24) is 0 Å². The fourth-order valence-corrected chi connectivity index (χ4v) is 2.88. The fraction of sp³-hybridized carbons (Fsp3) is 0.154. The lowest BCUT2D eigenvalue weighted by Gasteiger charge is -2.12. The van der Waals surface area contributed by atoms with Gasteiger partial charge in [-0.25, -0.2) is 4.79 Å². The number of carbonyl (C=O) groups is 3. The highest BCUT2D eigenvalue weighted by molar-refractivity contribution is 7.14. The first kappa shape index (κ1) is 15.2. The average Bonchev–Trinajstić information content (AvgIpc) is 3.09. The molecule has 1 atom stereocenters. The number of nitrogens with two attached hydrogens (primary N) is 1. The molecule has 110 valence electrons. The topological polar surface area (TPSA) is 98.5 Å². The molecule has 0 saturated heterocycles. The molecular formula is C13H12N2O4S2. The van der Waals surface area contributed by atoms with Gasteiger partial charge in [0.15, 0.2) is 6.10 Å². The van der Waals surface area contributed by atoms with Crippen molar-refractivity contribution in [2.75, 3.05) is 5.32 Å². The van der Waals surface area contributed by atoms with E-state index in [0.29, 0.717) is 9.88 Å². The Kier molecular flexibility index (Phi) is 4.71. The minimum absolute atomic E-state index is 0.227. The van der Waals surface area contributed by atoms with Crippen molar-refractivity contribution in [3.8, 4) is 0 Å². The molecule has 0 spiro atoms. The van der Waals surface area contributed by atoms with Gasteiger partial charge in [-0.1, -0.05) is 6.07 Å². The van der Waals surface area contributed by atoms with Gasteiger partial charge >= 0.3 is 5.97 Å². The number of esters is 1. The number of nitrogens with one attached hydrogen (secondary N) is 1. The molecule has 2 heterocycles. The molecule has 0 radical (unpaired) electrons.